The Kier molecular flexibility index (Phi) is 6.31. The second-order valence-corrected chi connectivity index (χ2v) is 5.10. The minimum Gasteiger partial charge on any atom is -0.356 e. The molecule has 2 atom stereocenters. The monoisotopic (exact) mass is 286 g/mol. The van der Waals surface area contributed by atoms with Crippen molar-refractivity contribution >= 4 is 18.3 Å². The van der Waals surface area contributed by atoms with Gasteiger partial charge in [-0.1, -0.05) is 6.42 Å². The van der Waals surface area contributed by atoms with Crippen molar-refractivity contribution < 1.29 is 4.79 Å². The molecule has 1 aliphatic rings. The number of aryl methyl sites for hydroxylation is 1. The molecule has 1 heterocycles. The predicted molar refractivity (Wildman–Crippen MR) is 77.1 cm³/mol. The molecular formula is C13H23ClN4O. The van der Waals surface area contributed by atoms with E-state index in [1.54, 1.807) is 4.68 Å². The Hall–Kier alpha value is -1.07. The van der Waals surface area contributed by atoms with Crippen LogP contribution in [0.1, 0.15) is 24.8 Å². The van der Waals surface area contributed by atoms with Crippen molar-refractivity contribution in [3.05, 3.63) is 18.0 Å². The molecule has 0 aromatic carbocycles. The molecule has 1 saturated carbocycles. The van der Waals surface area contributed by atoms with Crippen LogP contribution in [0, 0.1) is 11.8 Å². The lowest BCUT2D eigenvalue weighted by atomic mass is 9.95. The van der Waals surface area contributed by atoms with Crippen LogP contribution in [-0.2, 0) is 18.3 Å². The first-order chi connectivity index (χ1) is 8.70. The molecule has 5 nitrogen and oxygen atoms in total. The number of rotatable bonds is 5. The summed E-state index contributed by atoms with van der Waals surface area (Å²) in [7, 11) is 1.90. The maximum absolute atomic E-state index is 12.0. The molecule has 1 aromatic heterocycles. The van der Waals surface area contributed by atoms with Crippen LogP contribution in [0.25, 0.3) is 0 Å². The third-order valence-electron chi connectivity index (χ3n) is 3.77. The van der Waals surface area contributed by atoms with E-state index in [0.717, 1.165) is 31.2 Å². The number of hydrogen-bond donors (Lipinski definition) is 2. The maximum Gasteiger partial charge on any atom is 0.223 e. The summed E-state index contributed by atoms with van der Waals surface area (Å²) in [6, 6.07) is 0. The quantitative estimate of drug-likeness (QED) is 0.844. The molecule has 0 spiro atoms. The van der Waals surface area contributed by atoms with E-state index >= 15 is 0 Å². The smallest absolute Gasteiger partial charge is 0.223 e. The molecule has 19 heavy (non-hydrogen) atoms. The number of amides is 1. The molecule has 6 heteroatoms. The van der Waals surface area contributed by atoms with E-state index in [1.165, 1.54) is 0 Å². The van der Waals surface area contributed by atoms with Crippen LogP contribution >= 0.6 is 12.4 Å². The summed E-state index contributed by atoms with van der Waals surface area (Å²) >= 11 is 0. The van der Waals surface area contributed by atoms with Crippen LogP contribution in [0.5, 0.6) is 0 Å². The van der Waals surface area contributed by atoms with Crippen LogP contribution in [0.2, 0.25) is 0 Å². The van der Waals surface area contributed by atoms with E-state index in [-0.39, 0.29) is 24.2 Å². The number of carbonyl (C=O) groups is 1. The molecule has 1 aliphatic carbocycles. The fraction of sp³-hybridized carbons (Fsp3) is 0.692. The molecule has 0 aliphatic heterocycles. The average Bonchev–Trinajstić information content (AvgIpc) is 2.97. The molecule has 1 aromatic rings. The van der Waals surface area contributed by atoms with Crippen molar-refractivity contribution in [1.82, 2.24) is 15.1 Å². The number of nitrogens with one attached hydrogen (secondary N) is 1. The van der Waals surface area contributed by atoms with Gasteiger partial charge in [0, 0.05) is 25.7 Å². The van der Waals surface area contributed by atoms with Gasteiger partial charge in [0.25, 0.3) is 0 Å². The number of nitrogens with zero attached hydrogens (tertiary/aromatic N) is 2. The van der Waals surface area contributed by atoms with Gasteiger partial charge in [-0.2, -0.15) is 5.10 Å². The highest BCUT2D eigenvalue weighted by molar-refractivity contribution is 5.85. The lowest BCUT2D eigenvalue weighted by Crippen LogP contribution is -2.36. The van der Waals surface area contributed by atoms with E-state index in [0.29, 0.717) is 19.0 Å². The van der Waals surface area contributed by atoms with Crippen molar-refractivity contribution in [1.29, 1.82) is 0 Å². The first kappa shape index (κ1) is 16.0. The van der Waals surface area contributed by atoms with Crippen molar-refractivity contribution in [2.45, 2.75) is 25.7 Å². The summed E-state index contributed by atoms with van der Waals surface area (Å²) in [5.41, 5.74) is 6.85. The molecule has 0 unspecified atom stereocenters. The molecule has 0 radical (unpaired) electrons. The van der Waals surface area contributed by atoms with E-state index in [2.05, 4.69) is 10.4 Å². The third-order valence-corrected chi connectivity index (χ3v) is 3.77. The van der Waals surface area contributed by atoms with Crippen molar-refractivity contribution in [3.8, 4) is 0 Å². The van der Waals surface area contributed by atoms with Gasteiger partial charge in [-0.05, 0) is 37.3 Å². The number of hydrogen-bond acceptors (Lipinski definition) is 3. The molecular weight excluding hydrogens is 264 g/mol. The standard InChI is InChI=1S/C13H22N4O.ClH/c1-17-9-10(8-16-17)5-6-15-13(18)12-4-2-3-11(12)7-14;/h8-9,11-12H,2-7,14H2,1H3,(H,15,18);1H/t11-,12-;/m1./s1. The molecule has 1 amide bonds. The second kappa shape index (κ2) is 7.50. The lowest BCUT2D eigenvalue weighted by molar-refractivity contribution is -0.125. The summed E-state index contributed by atoms with van der Waals surface area (Å²) < 4.78 is 1.78. The van der Waals surface area contributed by atoms with Gasteiger partial charge in [0.1, 0.15) is 0 Å². The lowest BCUT2D eigenvalue weighted by Gasteiger charge is -2.17. The molecule has 3 N–H and O–H groups in total. The van der Waals surface area contributed by atoms with Gasteiger partial charge in [-0.25, -0.2) is 0 Å². The van der Waals surface area contributed by atoms with Crippen LogP contribution in [0.4, 0.5) is 0 Å². The Labute approximate surface area is 120 Å². The maximum atomic E-state index is 12.0. The normalized spacial score (nSPS) is 22.0. The van der Waals surface area contributed by atoms with Crippen molar-refractivity contribution in [2.75, 3.05) is 13.1 Å². The van der Waals surface area contributed by atoms with Gasteiger partial charge in [-0.3, -0.25) is 9.48 Å². The van der Waals surface area contributed by atoms with Gasteiger partial charge in [0.2, 0.25) is 5.91 Å². The minimum atomic E-state index is 0. The zero-order valence-electron chi connectivity index (χ0n) is 11.3. The topological polar surface area (TPSA) is 72.9 Å². The Morgan fingerprint density at radius 2 is 2.37 bits per heavy atom. The summed E-state index contributed by atoms with van der Waals surface area (Å²) in [6.45, 7) is 1.30. The van der Waals surface area contributed by atoms with Gasteiger partial charge >= 0.3 is 0 Å². The second-order valence-electron chi connectivity index (χ2n) is 5.10. The van der Waals surface area contributed by atoms with Crippen LogP contribution in [0.3, 0.4) is 0 Å². The molecule has 108 valence electrons. The van der Waals surface area contributed by atoms with Crippen molar-refractivity contribution in [3.63, 3.8) is 0 Å². The summed E-state index contributed by atoms with van der Waals surface area (Å²) in [5.74, 6) is 0.680. The van der Waals surface area contributed by atoms with Crippen LogP contribution in [0.15, 0.2) is 12.4 Å². The highest BCUT2D eigenvalue weighted by Gasteiger charge is 2.31. The molecule has 0 saturated heterocycles. The molecule has 1 fully saturated rings. The third kappa shape index (κ3) is 4.21. The predicted octanol–water partition coefficient (Wildman–Crippen LogP) is 0.876. The molecule has 2 rings (SSSR count). The number of halogens is 1. The fourth-order valence-corrected chi connectivity index (χ4v) is 2.73. The zero-order chi connectivity index (χ0) is 13.0. The number of aromatic nitrogens is 2. The molecule has 0 bridgehead atoms. The van der Waals surface area contributed by atoms with Gasteiger partial charge in [0.05, 0.1) is 6.20 Å². The van der Waals surface area contributed by atoms with Crippen LogP contribution in [-0.4, -0.2) is 28.8 Å². The van der Waals surface area contributed by atoms with E-state index < -0.39 is 0 Å². The zero-order valence-corrected chi connectivity index (χ0v) is 12.2. The fourth-order valence-electron chi connectivity index (χ4n) is 2.73. The Bertz CT molecular complexity index is 407. The van der Waals surface area contributed by atoms with Crippen LogP contribution < -0.4 is 11.1 Å². The SMILES string of the molecule is Cl.Cn1cc(CCNC(=O)[C@@H]2CCC[C@@H]2CN)cn1. The minimum absolute atomic E-state index is 0. The Morgan fingerprint density at radius 1 is 1.58 bits per heavy atom. The van der Waals surface area contributed by atoms with Gasteiger partial charge in [-0.15, -0.1) is 12.4 Å². The first-order valence-corrected chi connectivity index (χ1v) is 6.66. The number of carbonyl (C=O) groups excluding carboxylic acids is 1. The van der Waals surface area contributed by atoms with Crippen molar-refractivity contribution in [2.24, 2.45) is 24.6 Å². The van der Waals surface area contributed by atoms with E-state index in [1.807, 2.05) is 19.4 Å². The highest BCUT2D eigenvalue weighted by Crippen LogP contribution is 2.30. The van der Waals surface area contributed by atoms with E-state index in [4.69, 9.17) is 5.73 Å². The largest absolute Gasteiger partial charge is 0.356 e. The first-order valence-electron chi connectivity index (χ1n) is 6.66. The summed E-state index contributed by atoms with van der Waals surface area (Å²) in [4.78, 5) is 12.0. The highest BCUT2D eigenvalue weighted by atomic mass is 35.5. The summed E-state index contributed by atoms with van der Waals surface area (Å²) in [5, 5.41) is 7.12. The average molecular weight is 287 g/mol. The van der Waals surface area contributed by atoms with E-state index in [9.17, 15) is 4.79 Å². The number of nitrogens with two attached hydrogens (primary N) is 1. The van der Waals surface area contributed by atoms with Gasteiger partial charge in [0.15, 0.2) is 0 Å². The van der Waals surface area contributed by atoms with Gasteiger partial charge < -0.3 is 11.1 Å². The Balaban J connectivity index is 0.00000180. The Morgan fingerprint density at radius 3 is 3.00 bits per heavy atom. The summed E-state index contributed by atoms with van der Waals surface area (Å²) in [6.07, 6.45) is 7.86.